The predicted molar refractivity (Wildman–Crippen MR) is 111 cm³/mol. The monoisotopic (exact) mass is 470 g/mol. The van der Waals surface area contributed by atoms with Crippen molar-refractivity contribution < 1.29 is 32.7 Å². The van der Waals surface area contributed by atoms with Gasteiger partial charge in [-0.05, 0) is 23.8 Å². The molecule has 1 unspecified atom stereocenters. The zero-order chi connectivity index (χ0) is 23.3. The van der Waals surface area contributed by atoms with Gasteiger partial charge in [-0.1, -0.05) is 11.2 Å². The molecule has 170 valence electrons. The topological polar surface area (TPSA) is 173 Å². The lowest BCUT2D eigenvalue weighted by Crippen LogP contribution is -2.38. The van der Waals surface area contributed by atoms with Crippen molar-refractivity contribution in [3.8, 4) is 17.2 Å². The number of phosphoric acid groups is 1. The molecule has 0 aliphatic rings. The lowest BCUT2D eigenvalue weighted by molar-refractivity contribution is -0.712. The molecule has 13 heteroatoms. The molecule has 0 aliphatic carbocycles. The number of anilines is 1. The molecule has 0 aliphatic heterocycles. The number of phosphoric ester groups is 1. The van der Waals surface area contributed by atoms with Crippen molar-refractivity contribution in [1.82, 2.24) is 20.1 Å². The minimum Gasteiger partial charge on any atom is -0.756 e. The van der Waals surface area contributed by atoms with Gasteiger partial charge in [-0.15, -0.1) is 0 Å². The Morgan fingerprint density at radius 1 is 1.18 bits per heavy atom. The van der Waals surface area contributed by atoms with Crippen LogP contribution in [0, 0.1) is 0 Å². The number of nitrogens with zero attached hydrogens (tertiary/aromatic N) is 5. The third-order valence-corrected chi connectivity index (χ3v) is 4.89. The Hall–Kier alpha value is -3.70. The Morgan fingerprint density at radius 3 is 2.73 bits per heavy atom. The van der Waals surface area contributed by atoms with Gasteiger partial charge >= 0.3 is 0 Å². The Bertz CT molecular complexity index is 1260. The van der Waals surface area contributed by atoms with Crippen LogP contribution in [0.15, 0.2) is 65.7 Å². The summed E-state index contributed by atoms with van der Waals surface area (Å²) in [4.78, 5) is 32.1. The average Bonchev–Trinajstić information content (AvgIpc) is 3.26. The van der Waals surface area contributed by atoms with Crippen molar-refractivity contribution in [3.63, 3.8) is 0 Å². The number of hydrogen-bond acceptors (Lipinski definition) is 10. The van der Waals surface area contributed by atoms with E-state index < -0.39 is 14.6 Å². The van der Waals surface area contributed by atoms with E-state index in [1.165, 1.54) is 10.8 Å². The minimum atomic E-state index is -4.88. The van der Waals surface area contributed by atoms with Gasteiger partial charge in [0.25, 0.3) is 13.6 Å². The van der Waals surface area contributed by atoms with Crippen molar-refractivity contribution in [1.29, 1.82) is 0 Å². The fourth-order valence-corrected chi connectivity index (χ4v) is 3.17. The van der Waals surface area contributed by atoms with E-state index >= 15 is 0 Å². The van der Waals surface area contributed by atoms with E-state index in [4.69, 9.17) is 19.9 Å². The number of rotatable bonds is 9. The minimum absolute atomic E-state index is 0.180. The Balaban J connectivity index is 1.40. The molecule has 0 spiro atoms. The van der Waals surface area contributed by atoms with Gasteiger partial charge in [0.1, 0.15) is 12.2 Å². The van der Waals surface area contributed by atoms with Crippen LogP contribution in [-0.2, 0) is 28.8 Å². The third-order valence-electron chi connectivity index (χ3n) is 4.45. The summed E-state index contributed by atoms with van der Waals surface area (Å²) in [5, 5.41) is 4.06. The summed E-state index contributed by atoms with van der Waals surface area (Å²) in [5.74, 6) is 1.58. The molecule has 4 heterocycles. The van der Waals surface area contributed by atoms with Gasteiger partial charge in [-0.25, -0.2) is 19.5 Å². The highest BCUT2D eigenvalue weighted by Gasteiger charge is 2.18. The molecular formula is C20H19N6O6P. The van der Waals surface area contributed by atoms with Crippen LogP contribution in [0.4, 0.5) is 5.82 Å². The number of pyridine rings is 2. The zero-order valence-electron chi connectivity index (χ0n) is 17.1. The van der Waals surface area contributed by atoms with Gasteiger partial charge in [0.2, 0.25) is 5.88 Å². The van der Waals surface area contributed by atoms with Gasteiger partial charge in [-0.3, -0.25) is 14.8 Å². The van der Waals surface area contributed by atoms with Crippen LogP contribution in [0.1, 0.15) is 17.1 Å². The summed E-state index contributed by atoms with van der Waals surface area (Å²) in [6, 6.07) is 10.4. The molecule has 4 aromatic rings. The number of aromatic nitrogens is 5. The molecule has 12 nitrogen and oxygen atoms in total. The second-order valence-electron chi connectivity index (χ2n) is 6.82. The van der Waals surface area contributed by atoms with Crippen LogP contribution in [0.5, 0.6) is 5.88 Å². The van der Waals surface area contributed by atoms with E-state index in [9.17, 15) is 9.46 Å². The summed E-state index contributed by atoms with van der Waals surface area (Å²) < 4.78 is 27.5. The number of nitrogens with two attached hydrogens (primary N) is 1. The first-order valence-electron chi connectivity index (χ1n) is 9.63. The fourth-order valence-electron chi connectivity index (χ4n) is 2.89. The molecular weight excluding hydrogens is 451 g/mol. The maximum atomic E-state index is 10.8. The first-order valence-corrected chi connectivity index (χ1v) is 11.1. The maximum absolute atomic E-state index is 10.8. The highest BCUT2D eigenvalue weighted by Crippen LogP contribution is 2.30. The first-order chi connectivity index (χ1) is 15.9. The van der Waals surface area contributed by atoms with E-state index in [1.54, 1.807) is 48.9 Å². The molecule has 0 radical (unpaired) electrons. The largest absolute Gasteiger partial charge is 0.756 e. The van der Waals surface area contributed by atoms with E-state index in [2.05, 4.69) is 24.6 Å². The smallest absolute Gasteiger partial charge is 0.285 e. The van der Waals surface area contributed by atoms with Crippen LogP contribution >= 0.6 is 7.82 Å². The molecule has 0 bridgehead atoms. The standard InChI is InChI=1S/C20H19N6O6P/c21-20-16(3-1-8-26(20)13-31-33(27,28)29)17-10-15(25-32-17)9-14-4-5-19(24-11-14)30-12-18-22-6-2-7-23-18/h1-8,10-11,21H,9,12-13H2,(H2,27,28,29). The summed E-state index contributed by atoms with van der Waals surface area (Å²) in [6.45, 7) is -0.261. The molecule has 0 saturated heterocycles. The van der Waals surface area contributed by atoms with E-state index in [0.29, 0.717) is 35.1 Å². The van der Waals surface area contributed by atoms with Crippen LogP contribution in [0.25, 0.3) is 11.3 Å². The lowest BCUT2D eigenvalue weighted by Gasteiger charge is -2.14. The zero-order valence-corrected chi connectivity index (χ0v) is 18.0. The van der Waals surface area contributed by atoms with Crippen LogP contribution in [0.2, 0.25) is 0 Å². The summed E-state index contributed by atoms with van der Waals surface area (Å²) in [6.07, 6.45) is 6.92. The molecule has 0 saturated carbocycles. The molecule has 0 aromatic carbocycles. The van der Waals surface area contributed by atoms with Crippen molar-refractivity contribution in [2.45, 2.75) is 19.8 Å². The fraction of sp³-hybridized carbons (Fsp3) is 0.150. The SMILES string of the molecule is Nc1c(-c2cc(Cc3ccc(OCc4ncccn4)nc3)no2)ccc[n+]1COP(=O)([O-])O. The highest BCUT2D eigenvalue weighted by molar-refractivity contribution is 7.44. The van der Waals surface area contributed by atoms with Crippen molar-refractivity contribution in [2.24, 2.45) is 0 Å². The molecule has 4 aromatic heterocycles. The Labute approximate surface area is 187 Å². The number of hydrogen-bond donors (Lipinski definition) is 2. The van der Waals surface area contributed by atoms with Gasteiger partial charge < -0.3 is 19.0 Å². The van der Waals surface area contributed by atoms with Crippen molar-refractivity contribution >= 4 is 13.6 Å². The van der Waals surface area contributed by atoms with E-state index in [-0.39, 0.29) is 12.4 Å². The summed E-state index contributed by atoms with van der Waals surface area (Å²) in [7, 11) is -4.88. The van der Waals surface area contributed by atoms with Crippen LogP contribution < -0.4 is 19.9 Å². The Morgan fingerprint density at radius 2 is 2.00 bits per heavy atom. The Kier molecular flexibility index (Phi) is 6.71. The second-order valence-corrected chi connectivity index (χ2v) is 8.02. The quantitative estimate of drug-likeness (QED) is 0.264. The van der Waals surface area contributed by atoms with Crippen molar-refractivity contribution in [2.75, 3.05) is 5.73 Å². The predicted octanol–water partition coefficient (Wildman–Crippen LogP) is 1.00. The van der Waals surface area contributed by atoms with Crippen LogP contribution in [0.3, 0.4) is 0 Å². The van der Waals surface area contributed by atoms with E-state index in [0.717, 1.165) is 5.56 Å². The third kappa shape index (κ3) is 6.18. The second kappa shape index (κ2) is 9.84. The normalized spacial score (nSPS) is 12.9. The molecule has 4 rings (SSSR count). The molecule has 0 amide bonds. The average molecular weight is 470 g/mol. The molecule has 33 heavy (non-hydrogen) atoms. The molecule has 0 fully saturated rings. The van der Waals surface area contributed by atoms with Crippen molar-refractivity contribution in [3.05, 3.63) is 78.3 Å². The summed E-state index contributed by atoms with van der Waals surface area (Å²) in [5.41, 5.74) is 8.10. The molecule has 1 atom stereocenters. The van der Waals surface area contributed by atoms with Gasteiger partial charge in [0.05, 0.1) is 11.9 Å². The highest BCUT2D eigenvalue weighted by atomic mass is 31.2. The lowest BCUT2D eigenvalue weighted by atomic mass is 10.1. The van der Waals surface area contributed by atoms with E-state index in [1.807, 2.05) is 6.07 Å². The first kappa shape index (κ1) is 22.5. The maximum Gasteiger partial charge on any atom is 0.285 e. The number of ether oxygens (including phenoxy) is 1. The number of nitrogen functional groups attached to an aromatic ring is 1. The molecule has 3 N–H and O–H groups in total. The van der Waals surface area contributed by atoms with Crippen LogP contribution in [-0.4, -0.2) is 25.0 Å². The van der Waals surface area contributed by atoms with Gasteiger partial charge in [0, 0.05) is 37.1 Å². The summed E-state index contributed by atoms with van der Waals surface area (Å²) >= 11 is 0. The van der Waals surface area contributed by atoms with Gasteiger partial charge in [-0.2, -0.15) is 0 Å². The van der Waals surface area contributed by atoms with Gasteiger partial charge in [0.15, 0.2) is 18.3 Å².